The maximum atomic E-state index is 14.2. The quantitative estimate of drug-likeness (QED) is 0.296. The Labute approximate surface area is 228 Å². The molecule has 1 fully saturated rings. The van der Waals surface area contributed by atoms with E-state index in [9.17, 15) is 35.9 Å². The van der Waals surface area contributed by atoms with Gasteiger partial charge in [-0.2, -0.15) is 26.3 Å². The predicted octanol–water partition coefficient (Wildman–Crippen LogP) is 5.73. The number of carbonyl (C=O) groups is 2. The van der Waals surface area contributed by atoms with Crippen molar-refractivity contribution in [1.29, 1.82) is 0 Å². The summed E-state index contributed by atoms with van der Waals surface area (Å²) in [6.07, 6.45) is -6.20. The van der Waals surface area contributed by atoms with Gasteiger partial charge >= 0.3 is 12.4 Å². The van der Waals surface area contributed by atoms with Gasteiger partial charge in [-0.3, -0.25) is 9.59 Å². The number of nitrogens with one attached hydrogen (secondary N) is 1. The first-order valence-corrected chi connectivity index (χ1v) is 12.6. The maximum absolute atomic E-state index is 14.2. The molecule has 7 nitrogen and oxygen atoms in total. The lowest BCUT2D eigenvalue weighted by Crippen LogP contribution is -2.39. The highest BCUT2D eigenvalue weighted by atomic mass is 32.2. The molecule has 0 bridgehead atoms. The summed E-state index contributed by atoms with van der Waals surface area (Å²) in [5.41, 5.74) is -4.34. The van der Waals surface area contributed by atoms with E-state index in [-0.39, 0.29) is 42.7 Å². The molecule has 0 unspecified atom stereocenters. The largest absolute Gasteiger partial charge is 0.418 e. The molecule has 3 aromatic rings. The van der Waals surface area contributed by atoms with Crippen molar-refractivity contribution < 1.29 is 40.7 Å². The van der Waals surface area contributed by atoms with E-state index < -0.39 is 45.8 Å². The van der Waals surface area contributed by atoms with Gasteiger partial charge in [0, 0.05) is 54.1 Å². The van der Waals surface area contributed by atoms with Crippen molar-refractivity contribution in [3.63, 3.8) is 0 Å². The fourth-order valence-corrected chi connectivity index (χ4v) is 5.04. The smallest absolute Gasteiger partial charge is 0.378 e. The van der Waals surface area contributed by atoms with Gasteiger partial charge in [0.1, 0.15) is 0 Å². The lowest BCUT2D eigenvalue weighted by molar-refractivity contribution is -0.163. The van der Waals surface area contributed by atoms with Crippen molar-refractivity contribution in [2.75, 3.05) is 31.6 Å². The number of nitrogens with zero attached hydrogens (tertiary/aromatic N) is 3. The molecule has 1 aromatic heterocycles. The molecule has 0 atom stereocenters. The van der Waals surface area contributed by atoms with Crippen molar-refractivity contribution in [1.82, 2.24) is 14.5 Å². The van der Waals surface area contributed by atoms with Crippen LogP contribution in [0.3, 0.4) is 0 Å². The fourth-order valence-electron chi connectivity index (χ4n) is 4.00. The summed E-state index contributed by atoms with van der Waals surface area (Å²) in [7, 11) is 1.60. The summed E-state index contributed by atoms with van der Waals surface area (Å²) in [4.78, 5) is 29.5. The zero-order valence-corrected chi connectivity index (χ0v) is 21.7. The summed E-state index contributed by atoms with van der Waals surface area (Å²) >= 11 is 0.464. The van der Waals surface area contributed by atoms with Crippen LogP contribution < -0.4 is 5.32 Å². The average Bonchev–Trinajstić information content (AvgIpc) is 3.33. The van der Waals surface area contributed by atoms with E-state index in [2.05, 4.69) is 10.3 Å². The van der Waals surface area contributed by atoms with Gasteiger partial charge in [0.15, 0.2) is 5.82 Å². The summed E-state index contributed by atoms with van der Waals surface area (Å²) in [6.45, 7) is 0.955. The van der Waals surface area contributed by atoms with Crippen LogP contribution in [-0.4, -0.2) is 52.6 Å². The number of morpholine rings is 1. The van der Waals surface area contributed by atoms with Gasteiger partial charge in [-0.25, -0.2) is 4.98 Å². The first-order valence-electron chi connectivity index (χ1n) is 11.8. The molecule has 1 aliphatic rings. The molecule has 0 radical (unpaired) electrons. The zero-order chi connectivity index (χ0) is 29.1. The van der Waals surface area contributed by atoms with E-state index in [1.54, 1.807) is 13.2 Å². The van der Waals surface area contributed by atoms with E-state index in [0.717, 1.165) is 24.3 Å². The highest BCUT2D eigenvalue weighted by Crippen LogP contribution is 2.48. The third-order valence-corrected chi connectivity index (χ3v) is 6.89. The topological polar surface area (TPSA) is 76.5 Å². The van der Waals surface area contributed by atoms with Crippen LogP contribution in [0.2, 0.25) is 0 Å². The first kappa shape index (κ1) is 29.2. The Hall–Kier alpha value is -3.78. The van der Waals surface area contributed by atoms with Crippen LogP contribution in [0.5, 0.6) is 0 Å². The fraction of sp³-hybridized carbons (Fsp3) is 0.269. The number of aromatic nitrogens is 2. The van der Waals surface area contributed by atoms with Gasteiger partial charge in [-0.1, -0.05) is 23.9 Å². The van der Waals surface area contributed by atoms with Crippen LogP contribution in [0.15, 0.2) is 64.7 Å². The van der Waals surface area contributed by atoms with Crippen LogP contribution in [0.25, 0.3) is 6.08 Å². The number of ether oxygens (including phenoxy) is 1. The second kappa shape index (κ2) is 11.8. The minimum atomic E-state index is -5.37. The summed E-state index contributed by atoms with van der Waals surface area (Å²) in [6, 6.07) is 7.51. The maximum Gasteiger partial charge on any atom is 0.418 e. The molecule has 1 aliphatic heterocycles. The SMILES string of the molecule is Cn1ccnc1C(=O)Nc1cccc(Sc2ccc(C=CC(=O)N3CCOCC3)c(C(F)(F)F)c2C(F)(F)F)c1. The van der Waals surface area contributed by atoms with Gasteiger partial charge in [0.25, 0.3) is 5.91 Å². The molecule has 4 rings (SSSR count). The number of aryl methyl sites for hydroxylation is 1. The molecular weight excluding hydrogens is 562 g/mol. The minimum Gasteiger partial charge on any atom is -0.378 e. The Morgan fingerprint density at radius 2 is 1.73 bits per heavy atom. The molecule has 0 aliphatic carbocycles. The van der Waals surface area contributed by atoms with Crippen LogP contribution in [0, 0.1) is 0 Å². The molecule has 1 N–H and O–H groups in total. The predicted molar refractivity (Wildman–Crippen MR) is 135 cm³/mol. The Morgan fingerprint density at radius 3 is 2.35 bits per heavy atom. The van der Waals surface area contributed by atoms with Crippen molar-refractivity contribution in [3.05, 3.63) is 77.4 Å². The van der Waals surface area contributed by atoms with Crippen LogP contribution in [0.1, 0.15) is 27.3 Å². The molecule has 1 saturated heterocycles. The number of imidazole rings is 1. The molecule has 212 valence electrons. The Morgan fingerprint density at radius 1 is 1.02 bits per heavy atom. The number of benzene rings is 2. The summed E-state index contributed by atoms with van der Waals surface area (Å²) < 4.78 is 91.4. The first-order chi connectivity index (χ1) is 18.8. The van der Waals surface area contributed by atoms with E-state index >= 15 is 0 Å². The minimum absolute atomic E-state index is 0.0861. The van der Waals surface area contributed by atoms with Crippen LogP contribution >= 0.6 is 11.8 Å². The second-order valence-electron chi connectivity index (χ2n) is 8.62. The van der Waals surface area contributed by atoms with Crippen molar-refractivity contribution in [2.45, 2.75) is 22.1 Å². The van der Waals surface area contributed by atoms with Gasteiger partial charge < -0.3 is 19.5 Å². The number of carbonyl (C=O) groups excluding carboxylic acids is 2. The summed E-state index contributed by atoms with van der Waals surface area (Å²) in [5.74, 6) is -1.12. The lowest BCUT2D eigenvalue weighted by Gasteiger charge is -2.25. The highest BCUT2D eigenvalue weighted by Gasteiger charge is 2.46. The van der Waals surface area contributed by atoms with Crippen molar-refractivity contribution >= 4 is 35.3 Å². The zero-order valence-electron chi connectivity index (χ0n) is 20.8. The van der Waals surface area contributed by atoms with Crippen LogP contribution in [0.4, 0.5) is 32.0 Å². The molecule has 2 amide bonds. The van der Waals surface area contributed by atoms with E-state index in [4.69, 9.17) is 4.74 Å². The van der Waals surface area contributed by atoms with Gasteiger partial charge in [0.2, 0.25) is 5.91 Å². The van der Waals surface area contributed by atoms with Crippen LogP contribution in [-0.2, 0) is 28.9 Å². The Bertz CT molecular complexity index is 1430. The lowest BCUT2D eigenvalue weighted by atomic mass is 9.99. The third kappa shape index (κ3) is 6.86. The Balaban J connectivity index is 1.67. The standard InChI is InChI=1S/C26H22F6N4O3S/c1-35-10-9-33-23(35)24(38)34-17-3-2-4-18(15-17)40-19-7-5-16(6-8-20(37)36-11-13-39-14-12-36)21(25(27,28)29)22(19)26(30,31)32/h2-10,15H,11-14H2,1H3,(H,34,38). The molecule has 14 heteroatoms. The average molecular weight is 585 g/mol. The van der Waals surface area contributed by atoms with E-state index in [1.165, 1.54) is 39.9 Å². The van der Waals surface area contributed by atoms with Gasteiger partial charge in [0.05, 0.1) is 24.3 Å². The number of halogens is 6. The number of hydrogen-bond acceptors (Lipinski definition) is 5. The van der Waals surface area contributed by atoms with Gasteiger partial charge in [-0.15, -0.1) is 0 Å². The number of rotatable bonds is 6. The van der Waals surface area contributed by atoms with Gasteiger partial charge in [-0.05, 0) is 35.9 Å². The normalized spacial score (nSPS) is 14.5. The van der Waals surface area contributed by atoms with Crippen molar-refractivity contribution in [3.8, 4) is 0 Å². The van der Waals surface area contributed by atoms with Crippen molar-refractivity contribution in [2.24, 2.45) is 7.05 Å². The number of alkyl halides is 6. The number of anilines is 1. The molecular formula is C26H22F6N4O3S. The Kier molecular flexibility index (Phi) is 8.59. The summed E-state index contributed by atoms with van der Waals surface area (Å²) in [5, 5.41) is 2.56. The number of hydrogen-bond donors (Lipinski definition) is 1. The third-order valence-electron chi connectivity index (χ3n) is 5.84. The van der Waals surface area contributed by atoms with E-state index in [1.807, 2.05) is 0 Å². The van der Waals surface area contributed by atoms with E-state index in [0.29, 0.717) is 11.8 Å². The molecule has 2 heterocycles. The molecule has 0 spiro atoms. The molecule has 0 saturated carbocycles. The monoisotopic (exact) mass is 584 g/mol. The molecule has 40 heavy (non-hydrogen) atoms. The molecule has 2 aromatic carbocycles. The number of amides is 2. The highest BCUT2D eigenvalue weighted by molar-refractivity contribution is 7.99. The second-order valence-corrected chi connectivity index (χ2v) is 9.73.